The Morgan fingerprint density at radius 2 is 0.467 bits per heavy atom. The number of benzene rings is 10. The van der Waals surface area contributed by atoms with Crippen LogP contribution in [-0.4, -0.2) is 0 Å². The molecule has 10 aromatic carbocycles. The lowest BCUT2D eigenvalue weighted by atomic mass is 9.73. The predicted octanol–water partition coefficient (Wildman–Crippen LogP) is 19.3. The Morgan fingerprint density at radius 1 is 0.187 bits per heavy atom. The summed E-state index contributed by atoms with van der Waals surface area (Å²) in [7, 11) is 0. The molecule has 0 heterocycles. The maximum Gasteiger partial charge on any atom is 0.0165 e. The van der Waals surface area contributed by atoms with Crippen LogP contribution >= 0.6 is 0 Å². The first kappa shape index (κ1) is 44.0. The molecule has 0 aliphatic heterocycles. The van der Waals surface area contributed by atoms with E-state index < -0.39 is 0 Å². The summed E-state index contributed by atoms with van der Waals surface area (Å²) in [4.78, 5) is 0. The molecular formula is C75H56. The van der Waals surface area contributed by atoms with E-state index in [9.17, 15) is 0 Å². The summed E-state index contributed by atoms with van der Waals surface area (Å²) in [6.07, 6.45) is 0. The van der Waals surface area contributed by atoms with E-state index in [-0.39, 0.29) is 16.2 Å². The van der Waals surface area contributed by atoms with Crippen LogP contribution in [0.15, 0.2) is 236 Å². The third-order valence-electron chi connectivity index (χ3n) is 18.0. The first-order valence-corrected chi connectivity index (χ1v) is 26.9. The summed E-state index contributed by atoms with van der Waals surface area (Å²) in [5, 5.41) is 0. The van der Waals surface area contributed by atoms with Gasteiger partial charge in [-0.05, 0) is 168 Å². The summed E-state index contributed by atoms with van der Waals surface area (Å²) >= 11 is 0. The van der Waals surface area contributed by atoms with Crippen LogP contribution in [0, 0.1) is 0 Å². The Labute approximate surface area is 441 Å². The minimum absolute atomic E-state index is 0.268. The van der Waals surface area contributed by atoms with E-state index in [1.807, 2.05) is 0 Å². The molecule has 356 valence electrons. The van der Waals surface area contributed by atoms with E-state index in [1.165, 1.54) is 156 Å². The first-order chi connectivity index (χ1) is 36.5. The quantitative estimate of drug-likeness (QED) is 0.156. The molecule has 0 atom stereocenters. The maximum atomic E-state index is 2.58. The van der Waals surface area contributed by atoms with Gasteiger partial charge in [0, 0.05) is 16.2 Å². The van der Waals surface area contributed by atoms with Gasteiger partial charge in [-0.2, -0.15) is 0 Å². The van der Waals surface area contributed by atoms with Crippen LogP contribution in [-0.2, 0) is 16.2 Å². The molecule has 0 radical (unpaired) electrons. The van der Waals surface area contributed by atoms with Gasteiger partial charge >= 0.3 is 0 Å². The molecule has 5 aliphatic carbocycles. The van der Waals surface area contributed by atoms with Crippen molar-refractivity contribution in [3.8, 4) is 55.6 Å². The number of fused-ring (bicyclic) bond motifs is 12. The van der Waals surface area contributed by atoms with Crippen molar-refractivity contribution in [3.63, 3.8) is 0 Å². The van der Waals surface area contributed by atoms with E-state index in [0.717, 1.165) is 0 Å². The number of hydrogen-bond donors (Lipinski definition) is 0. The molecule has 0 unspecified atom stereocenters. The van der Waals surface area contributed by atoms with Crippen LogP contribution in [0.25, 0.3) is 83.5 Å². The Balaban J connectivity index is 1.17. The van der Waals surface area contributed by atoms with Gasteiger partial charge in [-0.1, -0.05) is 260 Å². The van der Waals surface area contributed by atoms with Crippen LogP contribution in [0.1, 0.15) is 108 Å². The van der Waals surface area contributed by atoms with Crippen molar-refractivity contribution >= 4 is 27.9 Å². The van der Waals surface area contributed by atoms with Crippen molar-refractivity contribution in [2.24, 2.45) is 0 Å². The average Bonchev–Trinajstić information content (AvgIpc) is 4.32. The van der Waals surface area contributed by atoms with Gasteiger partial charge in [-0.25, -0.2) is 0 Å². The second kappa shape index (κ2) is 15.7. The fraction of sp³-hybridized carbons (Fsp3) is 0.120. The third kappa shape index (κ3) is 5.94. The molecule has 0 N–H and O–H groups in total. The van der Waals surface area contributed by atoms with Crippen LogP contribution < -0.4 is 0 Å². The Kier molecular flexibility index (Phi) is 9.21. The van der Waals surface area contributed by atoms with Crippen molar-refractivity contribution in [1.82, 2.24) is 0 Å². The SMILES string of the molecule is CC1(C)c2ccccc2-c2cccc(C3=C(c4cccc5c4C(C)(C)c4ccccc4-5)C(c4ccccc4)=C4C3=C(c3cccc5c3C(C)(C)c3ccccc3-5)c3cc(-c5ccccc5)c(-c5ccccc5)cc34)c21. The molecule has 15 rings (SSSR count). The molecule has 0 nitrogen and oxygen atoms in total. The summed E-state index contributed by atoms with van der Waals surface area (Å²) in [6.45, 7) is 14.7. The van der Waals surface area contributed by atoms with Crippen molar-refractivity contribution in [2.45, 2.75) is 57.8 Å². The molecule has 0 spiro atoms. The Morgan fingerprint density at radius 3 is 0.867 bits per heavy atom. The Hall–Kier alpha value is -8.58. The first-order valence-electron chi connectivity index (χ1n) is 26.9. The van der Waals surface area contributed by atoms with Gasteiger partial charge in [0.15, 0.2) is 0 Å². The van der Waals surface area contributed by atoms with Crippen LogP contribution in [0.4, 0.5) is 0 Å². The highest BCUT2D eigenvalue weighted by Gasteiger charge is 2.48. The average molecular weight is 957 g/mol. The standard InChI is InChI=1S/C75H56/c1-73(2)61-40-19-16-31-48(61)51-34-22-37-54(70(51)73)65-59-43-57(45-25-10-7-11-26-45)58(46-27-12-8-13-28-46)44-60(59)68-64(47-29-14-9-15-30-47)66(55-38-23-35-52-49-32-17-20-41-62(49)74(3,4)71(52)55)67(69(65)68)56-39-24-36-53-50-33-18-21-42-63(50)75(5,6)72(53)56/h7-44H,1-6H3. The Bertz CT molecular complexity index is 4200. The fourth-order valence-corrected chi connectivity index (χ4v) is 14.9. The summed E-state index contributed by atoms with van der Waals surface area (Å²) in [5.41, 5.74) is 36.0. The zero-order valence-corrected chi connectivity index (χ0v) is 43.4. The molecule has 0 saturated heterocycles. The lowest BCUT2D eigenvalue weighted by Gasteiger charge is -2.29. The second-order valence-corrected chi connectivity index (χ2v) is 23.0. The molecule has 5 aliphatic rings. The largest absolute Gasteiger partial charge is 0.0622 e. The third-order valence-corrected chi connectivity index (χ3v) is 18.0. The molecule has 75 heavy (non-hydrogen) atoms. The topological polar surface area (TPSA) is 0 Å². The minimum atomic E-state index is -0.283. The summed E-state index contributed by atoms with van der Waals surface area (Å²) in [5.74, 6) is 0. The van der Waals surface area contributed by atoms with Crippen molar-refractivity contribution < 1.29 is 0 Å². The van der Waals surface area contributed by atoms with Crippen LogP contribution in [0.3, 0.4) is 0 Å². The van der Waals surface area contributed by atoms with E-state index in [1.54, 1.807) is 0 Å². The molecule has 0 saturated carbocycles. The highest BCUT2D eigenvalue weighted by Crippen LogP contribution is 2.67. The van der Waals surface area contributed by atoms with E-state index >= 15 is 0 Å². The fourth-order valence-electron chi connectivity index (χ4n) is 14.9. The van der Waals surface area contributed by atoms with Crippen LogP contribution in [0.2, 0.25) is 0 Å². The minimum Gasteiger partial charge on any atom is -0.0622 e. The number of rotatable bonds is 6. The van der Waals surface area contributed by atoms with Gasteiger partial charge in [0.05, 0.1) is 0 Å². The van der Waals surface area contributed by atoms with E-state index in [0.29, 0.717) is 0 Å². The van der Waals surface area contributed by atoms with Crippen LogP contribution in [0.5, 0.6) is 0 Å². The van der Waals surface area contributed by atoms with Gasteiger partial charge < -0.3 is 0 Å². The van der Waals surface area contributed by atoms with E-state index in [4.69, 9.17) is 0 Å². The molecule has 0 fully saturated rings. The lowest BCUT2D eigenvalue weighted by molar-refractivity contribution is 0.657. The summed E-state index contributed by atoms with van der Waals surface area (Å²) < 4.78 is 0. The monoisotopic (exact) mass is 956 g/mol. The van der Waals surface area contributed by atoms with Crippen molar-refractivity contribution in [2.75, 3.05) is 0 Å². The van der Waals surface area contributed by atoms with Gasteiger partial charge in [0.1, 0.15) is 0 Å². The highest BCUT2D eigenvalue weighted by atomic mass is 14.5. The van der Waals surface area contributed by atoms with Gasteiger partial charge in [-0.15, -0.1) is 0 Å². The second-order valence-electron chi connectivity index (χ2n) is 23.0. The zero-order valence-electron chi connectivity index (χ0n) is 43.4. The molecule has 0 heteroatoms. The van der Waals surface area contributed by atoms with Gasteiger partial charge in [-0.3, -0.25) is 0 Å². The summed E-state index contributed by atoms with van der Waals surface area (Å²) in [6, 6.07) is 87.7. The zero-order chi connectivity index (χ0) is 50.5. The van der Waals surface area contributed by atoms with Crippen molar-refractivity contribution in [3.05, 3.63) is 303 Å². The molecule has 0 bridgehead atoms. The highest BCUT2D eigenvalue weighted by molar-refractivity contribution is 6.40. The smallest absolute Gasteiger partial charge is 0.0165 e. The van der Waals surface area contributed by atoms with Crippen molar-refractivity contribution in [1.29, 1.82) is 0 Å². The molecular weight excluding hydrogens is 901 g/mol. The normalized spacial score (nSPS) is 16.3. The van der Waals surface area contributed by atoms with Gasteiger partial charge in [0.25, 0.3) is 0 Å². The van der Waals surface area contributed by atoms with Gasteiger partial charge in [0.2, 0.25) is 0 Å². The molecule has 0 aromatic heterocycles. The number of hydrogen-bond acceptors (Lipinski definition) is 0. The van der Waals surface area contributed by atoms with E-state index in [2.05, 4.69) is 272 Å². The predicted molar refractivity (Wildman–Crippen MR) is 315 cm³/mol. The molecule has 0 amide bonds. The lowest BCUT2D eigenvalue weighted by Crippen LogP contribution is -2.19. The molecule has 10 aromatic rings. The maximum absolute atomic E-state index is 2.58. The number of allylic oxidation sites excluding steroid dienone is 5.